The van der Waals surface area contributed by atoms with Crippen LogP contribution in [0.15, 0.2) is 24.3 Å². The third-order valence-corrected chi connectivity index (χ3v) is 3.98. The Kier molecular flexibility index (Phi) is 3.73. The van der Waals surface area contributed by atoms with Gasteiger partial charge in [0.1, 0.15) is 0 Å². The first-order valence-corrected chi connectivity index (χ1v) is 7.25. The number of anilines is 1. The molecule has 1 saturated heterocycles. The molecule has 110 valence electrons. The second-order valence-corrected chi connectivity index (χ2v) is 5.43. The predicted molar refractivity (Wildman–Crippen MR) is 81.2 cm³/mol. The lowest BCUT2D eigenvalue weighted by Crippen LogP contribution is -2.40. The van der Waals surface area contributed by atoms with E-state index in [1.54, 1.807) is 0 Å². The third-order valence-electron chi connectivity index (χ3n) is 3.98. The highest BCUT2D eigenvalue weighted by molar-refractivity contribution is 5.77. The van der Waals surface area contributed by atoms with E-state index in [9.17, 15) is 4.79 Å². The van der Waals surface area contributed by atoms with Crippen molar-refractivity contribution >= 4 is 22.8 Å². The number of esters is 1. The smallest absolute Gasteiger partial charge is 0.310 e. The van der Waals surface area contributed by atoms with Crippen LogP contribution < -0.4 is 4.90 Å². The van der Waals surface area contributed by atoms with E-state index in [1.165, 1.54) is 7.11 Å². The second-order valence-electron chi connectivity index (χ2n) is 5.43. The molecule has 0 radical (unpaired) electrons. The van der Waals surface area contributed by atoms with Crippen molar-refractivity contribution in [3.05, 3.63) is 30.0 Å². The molecule has 5 heteroatoms. The van der Waals surface area contributed by atoms with Crippen molar-refractivity contribution in [3.8, 4) is 0 Å². The molecule has 1 aliphatic heterocycles. The van der Waals surface area contributed by atoms with Crippen molar-refractivity contribution in [1.82, 2.24) is 9.97 Å². The molecule has 0 N–H and O–H groups in total. The highest BCUT2D eigenvalue weighted by Crippen LogP contribution is 2.26. The third kappa shape index (κ3) is 2.68. The molecule has 3 rings (SSSR count). The second kappa shape index (κ2) is 5.68. The number of aryl methyl sites for hydroxylation is 1. The van der Waals surface area contributed by atoms with Gasteiger partial charge in [-0.1, -0.05) is 12.1 Å². The van der Waals surface area contributed by atoms with Gasteiger partial charge in [0.05, 0.1) is 29.8 Å². The van der Waals surface area contributed by atoms with Gasteiger partial charge in [0.25, 0.3) is 0 Å². The minimum atomic E-state index is -0.133. The summed E-state index contributed by atoms with van der Waals surface area (Å²) in [5.41, 5.74) is 2.69. The SMILES string of the molecule is COC(=O)[C@H]1CCCN(c2nc3ccccc3nc2C)C1. The van der Waals surface area contributed by atoms with Gasteiger partial charge >= 0.3 is 5.97 Å². The monoisotopic (exact) mass is 285 g/mol. The fourth-order valence-electron chi connectivity index (χ4n) is 2.91. The van der Waals surface area contributed by atoms with E-state index in [-0.39, 0.29) is 11.9 Å². The Morgan fingerprint density at radius 1 is 1.29 bits per heavy atom. The first-order chi connectivity index (χ1) is 10.2. The molecule has 1 aliphatic rings. The number of aromatic nitrogens is 2. The van der Waals surface area contributed by atoms with Crippen LogP contribution in [0.25, 0.3) is 11.0 Å². The summed E-state index contributed by atoms with van der Waals surface area (Å²) in [6.45, 7) is 3.53. The minimum Gasteiger partial charge on any atom is -0.469 e. The molecule has 1 atom stereocenters. The fraction of sp³-hybridized carbons (Fsp3) is 0.438. The number of rotatable bonds is 2. The van der Waals surface area contributed by atoms with Crippen LogP contribution >= 0.6 is 0 Å². The van der Waals surface area contributed by atoms with E-state index in [2.05, 4.69) is 9.88 Å². The van der Waals surface area contributed by atoms with Gasteiger partial charge in [0.2, 0.25) is 0 Å². The van der Waals surface area contributed by atoms with Crippen molar-refractivity contribution in [1.29, 1.82) is 0 Å². The van der Waals surface area contributed by atoms with Gasteiger partial charge in [-0.15, -0.1) is 0 Å². The summed E-state index contributed by atoms with van der Waals surface area (Å²) in [5, 5.41) is 0. The predicted octanol–water partition coefficient (Wildman–Crippen LogP) is 2.33. The molecule has 0 aliphatic carbocycles. The number of hydrogen-bond acceptors (Lipinski definition) is 5. The Morgan fingerprint density at radius 2 is 2.00 bits per heavy atom. The number of fused-ring (bicyclic) bond motifs is 1. The zero-order chi connectivity index (χ0) is 14.8. The van der Waals surface area contributed by atoms with Crippen LogP contribution in [0, 0.1) is 12.8 Å². The van der Waals surface area contributed by atoms with E-state index in [0.717, 1.165) is 41.9 Å². The molecule has 1 aromatic heterocycles. The quantitative estimate of drug-likeness (QED) is 0.793. The lowest BCUT2D eigenvalue weighted by Gasteiger charge is -2.32. The van der Waals surface area contributed by atoms with Gasteiger partial charge in [-0.05, 0) is 31.9 Å². The first kappa shape index (κ1) is 13.8. The maximum Gasteiger partial charge on any atom is 0.310 e. The first-order valence-electron chi connectivity index (χ1n) is 7.25. The van der Waals surface area contributed by atoms with Crippen LogP contribution in [0.5, 0.6) is 0 Å². The van der Waals surface area contributed by atoms with E-state index < -0.39 is 0 Å². The Labute approximate surface area is 124 Å². The van der Waals surface area contributed by atoms with Gasteiger partial charge in [-0.2, -0.15) is 0 Å². The van der Waals surface area contributed by atoms with Crippen LogP contribution in [0.1, 0.15) is 18.5 Å². The molecular weight excluding hydrogens is 266 g/mol. The summed E-state index contributed by atoms with van der Waals surface area (Å²) in [7, 11) is 1.45. The van der Waals surface area contributed by atoms with Gasteiger partial charge < -0.3 is 9.64 Å². The number of para-hydroxylation sites is 2. The van der Waals surface area contributed by atoms with Gasteiger partial charge in [0.15, 0.2) is 5.82 Å². The van der Waals surface area contributed by atoms with Crippen LogP contribution in [-0.4, -0.2) is 36.1 Å². The van der Waals surface area contributed by atoms with Crippen LogP contribution in [0.2, 0.25) is 0 Å². The average molecular weight is 285 g/mol. The van der Waals surface area contributed by atoms with E-state index >= 15 is 0 Å². The number of benzene rings is 1. The van der Waals surface area contributed by atoms with Gasteiger partial charge in [0, 0.05) is 13.1 Å². The summed E-state index contributed by atoms with van der Waals surface area (Å²) >= 11 is 0. The number of nitrogens with zero attached hydrogens (tertiary/aromatic N) is 3. The highest BCUT2D eigenvalue weighted by Gasteiger charge is 2.28. The standard InChI is InChI=1S/C16H19N3O2/c1-11-15(18-14-8-4-3-7-13(14)17-11)19-9-5-6-12(10-19)16(20)21-2/h3-4,7-8,12H,5-6,9-10H2,1-2H3/t12-/m0/s1. The molecule has 0 unspecified atom stereocenters. The largest absolute Gasteiger partial charge is 0.469 e. The van der Waals surface area contributed by atoms with Crippen molar-refractivity contribution in [2.75, 3.05) is 25.1 Å². The molecule has 2 aromatic rings. The zero-order valence-corrected chi connectivity index (χ0v) is 12.4. The molecule has 0 saturated carbocycles. The van der Waals surface area contributed by atoms with Gasteiger partial charge in [-0.3, -0.25) is 4.79 Å². The van der Waals surface area contributed by atoms with Crippen molar-refractivity contribution in [2.24, 2.45) is 5.92 Å². The summed E-state index contributed by atoms with van der Waals surface area (Å²) in [6.07, 6.45) is 1.84. The van der Waals surface area contributed by atoms with Crippen LogP contribution in [0.4, 0.5) is 5.82 Å². The van der Waals surface area contributed by atoms with Crippen LogP contribution in [0.3, 0.4) is 0 Å². The molecule has 21 heavy (non-hydrogen) atoms. The topological polar surface area (TPSA) is 55.3 Å². The van der Waals surface area contributed by atoms with E-state index in [0.29, 0.717) is 6.54 Å². The fourth-order valence-corrected chi connectivity index (χ4v) is 2.91. The summed E-state index contributed by atoms with van der Waals surface area (Å²) in [6, 6.07) is 7.85. The number of piperidine rings is 1. The van der Waals surface area contributed by atoms with E-state index in [1.807, 2.05) is 31.2 Å². The van der Waals surface area contributed by atoms with Crippen molar-refractivity contribution in [2.45, 2.75) is 19.8 Å². The maximum absolute atomic E-state index is 11.8. The normalized spacial score (nSPS) is 18.8. The minimum absolute atomic E-state index is 0.0728. The summed E-state index contributed by atoms with van der Waals surface area (Å²) < 4.78 is 4.87. The Bertz CT molecular complexity index is 672. The van der Waals surface area contributed by atoms with E-state index in [4.69, 9.17) is 9.72 Å². The lowest BCUT2D eigenvalue weighted by molar-refractivity contribution is -0.145. The Morgan fingerprint density at radius 3 is 2.71 bits per heavy atom. The average Bonchev–Trinajstić information content (AvgIpc) is 2.53. The molecule has 2 heterocycles. The summed E-state index contributed by atoms with van der Waals surface area (Å²) in [5.74, 6) is 0.671. The molecular formula is C16H19N3O2. The number of carbonyl (C=O) groups is 1. The molecule has 1 aromatic carbocycles. The number of methoxy groups -OCH3 is 1. The number of ether oxygens (including phenoxy) is 1. The lowest BCUT2D eigenvalue weighted by atomic mass is 9.98. The summed E-state index contributed by atoms with van der Waals surface area (Å²) in [4.78, 5) is 23.3. The Hall–Kier alpha value is -2.17. The highest BCUT2D eigenvalue weighted by atomic mass is 16.5. The molecule has 0 bridgehead atoms. The van der Waals surface area contributed by atoms with Crippen LogP contribution in [-0.2, 0) is 9.53 Å². The van der Waals surface area contributed by atoms with Crippen molar-refractivity contribution < 1.29 is 9.53 Å². The van der Waals surface area contributed by atoms with Crippen molar-refractivity contribution in [3.63, 3.8) is 0 Å². The number of hydrogen-bond donors (Lipinski definition) is 0. The molecule has 0 spiro atoms. The number of carbonyl (C=O) groups excluding carboxylic acids is 1. The molecule has 0 amide bonds. The molecule has 5 nitrogen and oxygen atoms in total. The maximum atomic E-state index is 11.8. The molecule has 1 fully saturated rings. The van der Waals surface area contributed by atoms with Gasteiger partial charge in [-0.25, -0.2) is 9.97 Å². The Balaban J connectivity index is 1.92. The zero-order valence-electron chi connectivity index (χ0n) is 12.4.